The molecule has 17 heavy (non-hydrogen) atoms. The Hall–Kier alpha value is -2.30. The van der Waals surface area contributed by atoms with Crippen molar-refractivity contribution in [1.82, 2.24) is 9.55 Å². The topological polar surface area (TPSA) is 64.4 Å². The number of carboxylic acids is 1. The smallest absolute Gasteiger partial charge is 0.352 e. The third-order valence-corrected chi connectivity index (χ3v) is 2.48. The number of pyridine rings is 1. The lowest BCUT2D eigenvalue weighted by atomic mass is 10.2. The summed E-state index contributed by atoms with van der Waals surface area (Å²) in [5, 5.41) is 8.99. The SMILES string of the molecule is COc1cnccc1Cn1cccc1C(=O)O. The number of methoxy groups -OCH3 is 1. The first-order valence-corrected chi connectivity index (χ1v) is 5.07. The minimum atomic E-state index is -0.942. The number of aromatic nitrogens is 2. The second kappa shape index (κ2) is 4.69. The zero-order valence-electron chi connectivity index (χ0n) is 9.33. The van der Waals surface area contributed by atoms with Crippen molar-refractivity contribution in [2.75, 3.05) is 7.11 Å². The van der Waals surface area contributed by atoms with Gasteiger partial charge in [0.2, 0.25) is 0 Å². The molecule has 0 aliphatic rings. The molecule has 5 nitrogen and oxygen atoms in total. The zero-order chi connectivity index (χ0) is 12.3. The molecule has 0 aromatic carbocycles. The van der Waals surface area contributed by atoms with Crippen LogP contribution >= 0.6 is 0 Å². The van der Waals surface area contributed by atoms with E-state index < -0.39 is 5.97 Å². The van der Waals surface area contributed by atoms with Crippen molar-refractivity contribution in [3.8, 4) is 5.75 Å². The Morgan fingerprint density at radius 2 is 2.35 bits per heavy atom. The van der Waals surface area contributed by atoms with Crippen molar-refractivity contribution >= 4 is 5.97 Å². The third kappa shape index (κ3) is 2.28. The van der Waals surface area contributed by atoms with E-state index in [2.05, 4.69) is 4.98 Å². The molecule has 2 aromatic heterocycles. The second-order valence-electron chi connectivity index (χ2n) is 3.51. The predicted molar refractivity (Wildman–Crippen MR) is 61.3 cm³/mol. The van der Waals surface area contributed by atoms with Gasteiger partial charge >= 0.3 is 5.97 Å². The molecule has 0 radical (unpaired) electrons. The number of nitrogens with zero attached hydrogens (tertiary/aromatic N) is 2. The van der Waals surface area contributed by atoms with Crippen LogP contribution in [0.3, 0.4) is 0 Å². The fraction of sp³-hybridized carbons (Fsp3) is 0.167. The van der Waals surface area contributed by atoms with Gasteiger partial charge in [0.05, 0.1) is 19.9 Å². The standard InChI is InChI=1S/C12H12N2O3/c1-17-11-7-13-5-4-9(11)8-14-6-2-3-10(14)12(15)16/h2-7H,8H2,1H3,(H,15,16). The van der Waals surface area contributed by atoms with Crippen LogP contribution in [0.15, 0.2) is 36.8 Å². The van der Waals surface area contributed by atoms with E-state index in [0.29, 0.717) is 12.3 Å². The lowest BCUT2D eigenvalue weighted by molar-refractivity contribution is 0.0685. The lowest BCUT2D eigenvalue weighted by Crippen LogP contribution is -2.09. The average Bonchev–Trinajstić information content (AvgIpc) is 2.78. The molecule has 0 spiro atoms. The van der Waals surface area contributed by atoms with Crippen molar-refractivity contribution in [3.05, 3.63) is 48.0 Å². The van der Waals surface area contributed by atoms with Gasteiger partial charge in [-0.3, -0.25) is 4.98 Å². The Bertz CT molecular complexity index is 534. The molecule has 0 atom stereocenters. The van der Waals surface area contributed by atoms with E-state index in [1.165, 1.54) is 0 Å². The highest BCUT2D eigenvalue weighted by Gasteiger charge is 2.10. The second-order valence-corrected chi connectivity index (χ2v) is 3.51. The Morgan fingerprint density at radius 3 is 3.06 bits per heavy atom. The van der Waals surface area contributed by atoms with Crippen molar-refractivity contribution in [3.63, 3.8) is 0 Å². The normalized spacial score (nSPS) is 10.2. The van der Waals surface area contributed by atoms with Crippen molar-refractivity contribution in [2.45, 2.75) is 6.54 Å². The van der Waals surface area contributed by atoms with Gasteiger partial charge in [0, 0.05) is 18.0 Å². The van der Waals surface area contributed by atoms with Gasteiger partial charge < -0.3 is 14.4 Å². The van der Waals surface area contributed by atoms with E-state index in [1.54, 1.807) is 42.4 Å². The summed E-state index contributed by atoms with van der Waals surface area (Å²) in [7, 11) is 1.56. The molecule has 0 amide bonds. The highest BCUT2D eigenvalue weighted by molar-refractivity contribution is 5.85. The summed E-state index contributed by atoms with van der Waals surface area (Å²) in [5.41, 5.74) is 1.14. The molecule has 0 saturated heterocycles. The number of ether oxygens (including phenoxy) is 1. The monoisotopic (exact) mass is 232 g/mol. The van der Waals surface area contributed by atoms with Crippen LogP contribution < -0.4 is 4.74 Å². The number of carboxylic acid groups (broad SMARTS) is 1. The van der Waals surface area contributed by atoms with Gasteiger partial charge in [0.1, 0.15) is 11.4 Å². The van der Waals surface area contributed by atoms with E-state index in [1.807, 2.05) is 6.07 Å². The lowest BCUT2D eigenvalue weighted by Gasteiger charge is -2.10. The number of carbonyl (C=O) groups is 1. The number of rotatable bonds is 4. The van der Waals surface area contributed by atoms with E-state index >= 15 is 0 Å². The van der Waals surface area contributed by atoms with Gasteiger partial charge in [0.15, 0.2) is 0 Å². The molecule has 2 rings (SSSR count). The molecule has 2 aromatic rings. The Morgan fingerprint density at radius 1 is 1.53 bits per heavy atom. The molecule has 0 aliphatic carbocycles. The molecule has 1 N–H and O–H groups in total. The summed E-state index contributed by atoms with van der Waals surface area (Å²) < 4.78 is 6.82. The van der Waals surface area contributed by atoms with Gasteiger partial charge in [-0.1, -0.05) is 0 Å². The fourth-order valence-electron chi connectivity index (χ4n) is 1.65. The molecule has 0 unspecified atom stereocenters. The first kappa shape index (κ1) is 11.2. The molecular formula is C12H12N2O3. The summed E-state index contributed by atoms with van der Waals surface area (Å²) in [5.74, 6) is -0.291. The van der Waals surface area contributed by atoms with Crippen molar-refractivity contribution in [2.24, 2.45) is 0 Å². The minimum Gasteiger partial charge on any atom is -0.495 e. The minimum absolute atomic E-state index is 0.254. The van der Waals surface area contributed by atoms with Gasteiger partial charge in [-0.2, -0.15) is 0 Å². The largest absolute Gasteiger partial charge is 0.495 e. The maximum absolute atomic E-state index is 11.0. The van der Waals surface area contributed by atoms with Crippen LogP contribution in [-0.4, -0.2) is 27.7 Å². The number of hydrogen-bond donors (Lipinski definition) is 1. The van der Waals surface area contributed by atoms with E-state index in [4.69, 9.17) is 9.84 Å². The first-order chi connectivity index (χ1) is 8.22. The molecule has 88 valence electrons. The van der Waals surface area contributed by atoms with Crippen LogP contribution in [0, 0.1) is 0 Å². The van der Waals surface area contributed by atoms with Crippen LogP contribution in [0.4, 0.5) is 0 Å². The summed E-state index contributed by atoms with van der Waals surface area (Å²) in [6.45, 7) is 0.445. The van der Waals surface area contributed by atoms with Crippen molar-refractivity contribution < 1.29 is 14.6 Å². The number of hydrogen-bond acceptors (Lipinski definition) is 3. The zero-order valence-corrected chi connectivity index (χ0v) is 9.33. The Balaban J connectivity index is 2.31. The first-order valence-electron chi connectivity index (χ1n) is 5.07. The molecule has 0 bridgehead atoms. The Kier molecular flexibility index (Phi) is 3.09. The molecule has 0 fully saturated rings. The Labute approximate surface area is 98.3 Å². The van der Waals surface area contributed by atoms with Crippen LogP contribution in [0.1, 0.15) is 16.1 Å². The van der Waals surface area contributed by atoms with E-state index in [-0.39, 0.29) is 5.69 Å². The fourth-order valence-corrected chi connectivity index (χ4v) is 1.65. The van der Waals surface area contributed by atoms with Crippen LogP contribution in [0.25, 0.3) is 0 Å². The summed E-state index contributed by atoms with van der Waals surface area (Å²) in [6.07, 6.45) is 4.99. The highest BCUT2D eigenvalue weighted by Crippen LogP contribution is 2.18. The summed E-state index contributed by atoms with van der Waals surface area (Å²) in [6, 6.07) is 5.08. The number of aromatic carboxylic acids is 1. The average molecular weight is 232 g/mol. The van der Waals surface area contributed by atoms with Gasteiger partial charge in [0.25, 0.3) is 0 Å². The molecule has 2 heterocycles. The summed E-state index contributed by atoms with van der Waals surface area (Å²) >= 11 is 0. The molecule has 0 saturated carbocycles. The molecular weight excluding hydrogens is 220 g/mol. The van der Waals surface area contributed by atoms with Crippen LogP contribution in [0.2, 0.25) is 0 Å². The maximum atomic E-state index is 11.0. The summed E-state index contributed by atoms with van der Waals surface area (Å²) in [4.78, 5) is 14.9. The molecule has 5 heteroatoms. The predicted octanol–water partition coefficient (Wildman–Crippen LogP) is 1.64. The van der Waals surface area contributed by atoms with Gasteiger partial charge in [-0.05, 0) is 18.2 Å². The van der Waals surface area contributed by atoms with Gasteiger partial charge in [-0.15, -0.1) is 0 Å². The highest BCUT2D eigenvalue weighted by atomic mass is 16.5. The van der Waals surface area contributed by atoms with Crippen molar-refractivity contribution in [1.29, 1.82) is 0 Å². The van der Waals surface area contributed by atoms with Crippen LogP contribution in [-0.2, 0) is 6.54 Å². The van der Waals surface area contributed by atoms with E-state index in [0.717, 1.165) is 5.56 Å². The maximum Gasteiger partial charge on any atom is 0.352 e. The molecule has 0 aliphatic heterocycles. The quantitative estimate of drug-likeness (QED) is 0.870. The third-order valence-electron chi connectivity index (χ3n) is 2.48. The van der Waals surface area contributed by atoms with Gasteiger partial charge in [-0.25, -0.2) is 4.79 Å². The van der Waals surface area contributed by atoms with Crippen LogP contribution in [0.5, 0.6) is 5.75 Å². The van der Waals surface area contributed by atoms with E-state index in [9.17, 15) is 4.79 Å².